The molecule has 1 aromatic rings. The van der Waals surface area contributed by atoms with E-state index in [0.29, 0.717) is 32.5 Å². The summed E-state index contributed by atoms with van der Waals surface area (Å²) in [4.78, 5) is 27.3. The van der Waals surface area contributed by atoms with Crippen molar-refractivity contribution >= 4 is 11.8 Å². The van der Waals surface area contributed by atoms with Crippen LogP contribution in [-0.2, 0) is 16.0 Å². The van der Waals surface area contributed by atoms with Gasteiger partial charge >= 0.3 is 0 Å². The monoisotopic (exact) mass is 337 g/mol. The number of hydrogen-bond donors (Lipinski definition) is 1. The first-order valence-electron chi connectivity index (χ1n) is 8.30. The van der Waals surface area contributed by atoms with Crippen molar-refractivity contribution < 1.29 is 14.0 Å². The highest BCUT2D eigenvalue weighted by Crippen LogP contribution is 2.03. The maximum atomic E-state index is 12.8. The highest BCUT2D eigenvalue weighted by Gasteiger charge is 2.11. The van der Waals surface area contributed by atoms with Gasteiger partial charge in [0.05, 0.1) is 0 Å². The molecule has 0 fully saturated rings. The van der Waals surface area contributed by atoms with Gasteiger partial charge in [-0.2, -0.15) is 0 Å². The summed E-state index contributed by atoms with van der Waals surface area (Å²) in [5.74, 6) is -0.342. The lowest BCUT2D eigenvalue weighted by Crippen LogP contribution is -2.35. The zero-order chi connectivity index (χ0) is 17.9. The lowest BCUT2D eigenvalue weighted by atomic mass is 10.1. The van der Waals surface area contributed by atoms with Gasteiger partial charge < -0.3 is 15.1 Å². The third-order valence-corrected chi connectivity index (χ3v) is 3.74. The predicted molar refractivity (Wildman–Crippen MR) is 93.2 cm³/mol. The molecule has 0 unspecified atom stereocenters. The van der Waals surface area contributed by atoms with Crippen LogP contribution < -0.4 is 5.32 Å². The Morgan fingerprint density at radius 3 is 2.33 bits per heavy atom. The minimum atomic E-state index is -0.263. The zero-order valence-corrected chi connectivity index (χ0v) is 14.8. The molecule has 0 atom stereocenters. The summed E-state index contributed by atoms with van der Waals surface area (Å²) < 4.78 is 12.8. The van der Waals surface area contributed by atoms with Crippen molar-refractivity contribution in [3.05, 3.63) is 35.6 Å². The Kier molecular flexibility index (Phi) is 9.01. The Labute approximate surface area is 143 Å². The van der Waals surface area contributed by atoms with E-state index in [2.05, 4.69) is 10.2 Å². The Bertz CT molecular complexity index is 518. The summed E-state index contributed by atoms with van der Waals surface area (Å²) >= 11 is 0. The lowest BCUT2D eigenvalue weighted by Gasteiger charge is -2.21. The first kappa shape index (κ1) is 20.1. The van der Waals surface area contributed by atoms with E-state index in [4.69, 9.17) is 0 Å². The number of nitrogens with one attached hydrogen (secondary N) is 1. The number of halogens is 1. The summed E-state index contributed by atoms with van der Waals surface area (Å²) in [6, 6.07) is 6.25. The van der Waals surface area contributed by atoms with Gasteiger partial charge in [-0.3, -0.25) is 9.59 Å². The number of benzene rings is 1. The molecule has 0 aliphatic rings. The molecule has 0 aromatic heterocycles. The first-order valence-corrected chi connectivity index (χ1v) is 8.30. The van der Waals surface area contributed by atoms with Crippen LogP contribution in [-0.4, -0.2) is 61.9 Å². The van der Waals surface area contributed by atoms with Crippen LogP contribution in [0.15, 0.2) is 24.3 Å². The maximum Gasteiger partial charge on any atom is 0.221 e. The average molecular weight is 337 g/mol. The van der Waals surface area contributed by atoms with Crippen LogP contribution in [0.2, 0.25) is 0 Å². The van der Waals surface area contributed by atoms with Crippen LogP contribution in [0, 0.1) is 5.82 Å². The van der Waals surface area contributed by atoms with Gasteiger partial charge in [0, 0.05) is 33.0 Å². The summed E-state index contributed by atoms with van der Waals surface area (Å²) in [5.41, 5.74) is 0.978. The Morgan fingerprint density at radius 1 is 1.08 bits per heavy atom. The van der Waals surface area contributed by atoms with Crippen LogP contribution in [0.1, 0.15) is 25.3 Å². The number of rotatable bonds is 10. The van der Waals surface area contributed by atoms with E-state index in [9.17, 15) is 14.0 Å². The molecule has 0 aliphatic heterocycles. The van der Waals surface area contributed by atoms with Crippen LogP contribution >= 0.6 is 0 Å². The van der Waals surface area contributed by atoms with Gasteiger partial charge in [0.1, 0.15) is 5.82 Å². The van der Waals surface area contributed by atoms with Gasteiger partial charge in [-0.05, 0) is 51.2 Å². The fourth-order valence-corrected chi connectivity index (χ4v) is 2.33. The molecule has 6 heteroatoms. The van der Waals surface area contributed by atoms with Crippen molar-refractivity contribution in [1.82, 2.24) is 15.1 Å². The van der Waals surface area contributed by atoms with Crippen molar-refractivity contribution in [2.24, 2.45) is 0 Å². The lowest BCUT2D eigenvalue weighted by molar-refractivity contribution is -0.129. The van der Waals surface area contributed by atoms with E-state index < -0.39 is 0 Å². The largest absolute Gasteiger partial charge is 0.356 e. The molecule has 0 radical (unpaired) electrons. The van der Waals surface area contributed by atoms with Gasteiger partial charge in [0.15, 0.2) is 0 Å². The van der Waals surface area contributed by atoms with Crippen LogP contribution in [0.4, 0.5) is 4.39 Å². The molecule has 0 saturated carbocycles. The minimum absolute atomic E-state index is 0.00660. The fraction of sp³-hybridized carbons (Fsp3) is 0.556. The van der Waals surface area contributed by atoms with E-state index in [1.54, 1.807) is 17.0 Å². The van der Waals surface area contributed by atoms with Gasteiger partial charge in [0.2, 0.25) is 11.8 Å². The van der Waals surface area contributed by atoms with Crippen molar-refractivity contribution in [1.29, 1.82) is 0 Å². The first-order chi connectivity index (χ1) is 11.4. The molecule has 5 nitrogen and oxygen atoms in total. The topological polar surface area (TPSA) is 52.7 Å². The van der Waals surface area contributed by atoms with Crippen molar-refractivity contribution in [2.45, 2.75) is 26.2 Å². The number of hydrogen-bond acceptors (Lipinski definition) is 3. The zero-order valence-electron chi connectivity index (χ0n) is 14.8. The molecular formula is C18H28FN3O2. The number of amides is 2. The van der Waals surface area contributed by atoms with E-state index in [-0.39, 0.29) is 17.6 Å². The number of carbonyl (C=O) groups excluding carboxylic acids is 2. The third kappa shape index (κ3) is 8.62. The molecule has 0 saturated heterocycles. The number of nitrogens with zero attached hydrogens (tertiary/aromatic N) is 2. The van der Waals surface area contributed by atoms with Gasteiger partial charge in [-0.15, -0.1) is 0 Å². The predicted octanol–water partition coefficient (Wildman–Crippen LogP) is 1.67. The maximum absolute atomic E-state index is 12.8. The molecule has 1 rings (SSSR count). The Hall–Kier alpha value is -1.95. The van der Waals surface area contributed by atoms with Gasteiger partial charge in [-0.1, -0.05) is 12.1 Å². The molecule has 1 aromatic carbocycles. The minimum Gasteiger partial charge on any atom is -0.356 e. The molecule has 134 valence electrons. The van der Waals surface area contributed by atoms with E-state index in [1.807, 2.05) is 14.1 Å². The molecule has 24 heavy (non-hydrogen) atoms. The molecule has 0 aliphatic carbocycles. The quantitative estimate of drug-likeness (QED) is 0.707. The van der Waals surface area contributed by atoms with E-state index >= 15 is 0 Å². The van der Waals surface area contributed by atoms with Gasteiger partial charge in [0.25, 0.3) is 0 Å². The highest BCUT2D eigenvalue weighted by molar-refractivity contribution is 5.78. The molecule has 0 heterocycles. The summed E-state index contributed by atoms with van der Waals surface area (Å²) in [6.07, 6.45) is 1.84. The summed E-state index contributed by atoms with van der Waals surface area (Å²) in [7, 11) is 3.99. The average Bonchev–Trinajstić information content (AvgIpc) is 2.52. The normalized spacial score (nSPS) is 10.7. The SMILES string of the molecule is CC(=O)N(CCCN(C)C)CCC(=O)NCCc1ccc(F)cc1. The second kappa shape index (κ2) is 10.8. The summed E-state index contributed by atoms with van der Waals surface area (Å²) in [5, 5.41) is 2.84. The Balaban J connectivity index is 2.24. The Morgan fingerprint density at radius 2 is 1.75 bits per heavy atom. The van der Waals surface area contributed by atoms with Crippen LogP contribution in [0.25, 0.3) is 0 Å². The second-order valence-electron chi connectivity index (χ2n) is 6.14. The smallest absolute Gasteiger partial charge is 0.221 e. The number of carbonyl (C=O) groups is 2. The van der Waals surface area contributed by atoms with Gasteiger partial charge in [-0.25, -0.2) is 4.39 Å². The fourth-order valence-electron chi connectivity index (χ4n) is 2.33. The molecule has 0 bridgehead atoms. The molecule has 2 amide bonds. The third-order valence-electron chi connectivity index (χ3n) is 3.74. The van der Waals surface area contributed by atoms with Crippen molar-refractivity contribution in [3.63, 3.8) is 0 Å². The van der Waals surface area contributed by atoms with E-state index in [0.717, 1.165) is 18.5 Å². The van der Waals surface area contributed by atoms with Crippen LogP contribution in [0.5, 0.6) is 0 Å². The summed E-state index contributed by atoms with van der Waals surface area (Å²) in [6.45, 7) is 4.04. The van der Waals surface area contributed by atoms with Crippen molar-refractivity contribution in [3.8, 4) is 0 Å². The standard InChI is InChI=1S/C18H28FN3O2/c1-15(23)22(13-4-12-21(2)3)14-10-18(24)20-11-9-16-5-7-17(19)8-6-16/h5-8H,4,9-14H2,1-3H3,(H,20,24). The van der Waals surface area contributed by atoms with E-state index in [1.165, 1.54) is 19.1 Å². The van der Waals surface area contributed by atoms with Crippen molar-refractivity contribution in [2.75, 3.05) is 40.3 Å². The molecular weight excluding hydrogens is 309 g/mol. The van der Waals surface area contributed by atoms with Crippen LogP contribution in [0.3, 0.4) is 0 Å². The highest BCUT2D eigenvalue weighted by atomic mass is 19.1. The molecule has 0 spiro atoms. The molecule has 1 N–H and O–H groups in total. The second-order valence-corrected chi connectivity index (χ2v) is 6.14.